The first kappa shape index (κ1) is 23.7. The second-order valence-corrected chi connectivity index (χ2v) is 11.1. The van der Waals surface area contributed by atoms with Crippen LogP contribution in [0.15, 0.2) is 65.7 Å². The zero-order valence-electron chi connectivity index (χ0n) is 19.4. The van der Waals surface area contributed by atoms with Gasteiger partial charge in [0, 0.05) is 36.6 Å². The smallest absolute Gasteiger partial charge is 0.165 e. The monoisotopic (exact) mass is 509 g/mol. The van der Waals surface area contributed by atoms with Gasteiger partial charge < -0.3 is 15.5 Å². The van der Waals surface area contributed by atoms with Gasteiger partial charge in [0.1, 0.15) is 28.3 Å². The van der Waals surface area contributed by atoms with E-state index >= 15 is 0 Å². The van der Waals surface area contributed by atoms with Gasteiger partial charge in [-0.2, -0.15) is 9.61 Å². The summed E-state index contributed by atoms with van der Waals surface area (Å²) < 4.78 is 16.9. The number of para-hydroxylation sites is 1. The van der Waals surface area contributed by atoms with Gasteiger partial charge in [0.05, 0.1) is 16.8 Å². The van der Waals surface area contributed by atoms with Gasteiger partial charge in [-0.1, -0.05) is 20.7 Å². The summed E-state index contributed by atoms with van der Waals surface area (Å²) in [6.07, 6.45) is 3.86. The molecule has 3 atom stereocenters. The first-order chi connectivity index (χ1) is 17.0. The molecule has 2 aromatic carbocycles. The van der Waals surface area contributed by atoms with Crippen molar-refractivity contribution >= 4 is 36.3 Å². The van der Waals surface area contributed by atoms with Crippen molar-refractivity contribution in [1.82, 2.24) is 18.9 Å². The minimum absolute atomic E-state index is 0.170. The zero-order valence-corrected chi connectivity index (χ0v) is 21.2. The third-order valence-electron chi connectivity index (χ3n) is 6.25. The molecule has 0 aliphatic carbocycles. The van der Waals surface area contributed by atoms with Crippen LogP contribution in [-0.2, 0) is 11.0 Å². The summed E-state index contributed by atoms with van der Waals surface area (Å²) >= 11 is 0. The molecule has 3 N–H and O–H groups in total. The number of piperidine rings is 1. The Morgan fingerprint density at radius 1 is 1.17 bits per heavy atom. The fourth-order valence-electron chi connectivity index (χ4n) is 4.40. The maximum Gasteiger partial charge on any atom is 0.165 e. The van der Waals surface area contributed by atoms with Crippen LogP contribution in [-0.4, -0.2) is 59.6 Å². The van der Waals surface area contributed by atoms with Crippen LogP contribution in [0, 0.1) is 5.92 Å². The number of aromatic hydroxyl groups is 2. The van der Waals surface area contributed by atoms with Gasteiger partial charge in [-0.25, -0.2) is 13.5 Å². The number of benzene rings is 2. The molecule has 1 aliphatic heterocycles. The molecule has 1 aliphatic rings. The molecule has 35 heavy (non-hydrogen) atoms. The predicted molar refractivity (Wildman–Crippen MR) is 141 cm³/mol. The molecular weight excluding hydrogens is 481 g/mol. The number of phenols is 2. The largest absolute Gasteiger partial charge is 0.508 e. The number of phenolic OH excluding ortho intramolecular Hbond substituents is 2. The lowest BCUT2D eigenvalue weighted by Crippen LogP contribution is -2.39. The van der Waals surface area contributed by atoms with E-state index in [1.54, 1.807) is 36.4 Å². The number of hydrogen-bond donors (Lipinski definition) is 3. The normalized spacial score (nSPS) is 17.8. The number of nitrogens with zero attached hydrogens (tertiary/aromatic N) is 4. The highest BCUT2D eigenvalue weighted by atomic mass is 32.2. The lowest BCUT2D eigenvalue weighted by molar-refractivity contribution is 0.286. The van der Waals surface area contributed by atoms with Crippen molar-refractivity contribution in [2.24, 2.45) is 5.92 Å². The van der Waals surface area contributed by atoms with Crippen molar-refractivity contribution < 1.29 is 14.4 Å². The third-order valence-corrected chi connectivity index (χ3v) is 8.62. The van der Waals surface area contributed by atoms with E-state index in [0.717, 1.165) is 36.2 Å². The molecule has 1 saturated heterocycles. The molecule has 10 heteroatoms. The van der Waals surface area contributed by atoms with Crippen molar-refractivity contribution in [1.29, 1.82) is 0 Å². The van der Waals surface area contributed by atoms with E-state index in [2.05, 4.69) is 17.1 Å². The Kier molecular flexibility index (Phi) is 7.00. The van der Waals surface area contributed by atoms with Gasteiger partial charge in [0.2, 0.25) is 0 Å². The Morgan fingerprint density at radius 3 is 2.74 bits per heavy atom. The standard InChI is InChI=1S/C25H28N5O3PS/c1-34-23-15-27-30-24(13-21(28-25(23)30)20-6-2-3-7-22(20)32)26-14-17-5-4-12-29(16-17)35(33)19-10-8-18(31)9-11-19/h2-3,6-11,13,15,17,26,31-32,34H,4-5,12,14,16H2,1H3. The maximum atomic E-state index is 13.1. The Bertz CT molecular complexity index is 1360. The second-order valence-electron chi connectivity index (χ2n) is 8.61. The second kappa shape index (κ2) is 10.3. The molecule has 5 rings (SSSR count). The van der Waals surface area contributed by atoms with E-state index in [4.69, 9.17) is 4.98 Å². The SMILES string of the molecule is CPc1cnn2c(NCC3CCCN(S(=O)c4ccc(O)cc4)C3)cc(-c3ccccc3O)nc12. The molecule has 3 unspecified atom stereocenters. The number of hydrogen-bond acceptors (Lipinski definition) is 6. The summed E-state index contributed by atoms with van der Waals surface area (Å²) in [6.45, 7) is 4.29. The topological polar surface area (TPSA) is 103 Å². The van der Waals surface area contributed by atoms with E-state index < -0.39 is 11.0 Å². The van der Waals surface area contributed by atoms with Crippen molar-refractivity contribution in [3.8, 4) is 22.8 Å². The fraction of sp³-hybridized carbons (Fsp3) is 0.280. The molecule has 1 fully saturated rings. The number of aromatic nitrogens is 3. The quantitative estimate of drug-likeness (QED) is 0.329. The minimum atomic E-state index is -1.26. The highest BCUT2D eigenvalue weighted by Gasteiger charge is 2.25. The number of nitrogens with one attached hydrogen (secondary N) is 1. The number of rotatable bonds is 7. The van der Waals surface area contributed by atoms with E-state index in [0.29, 0.717) is 43.7 Å². The molecule has 182 valence electrons. The van der Waals surface area contributed by atoms with Gasteiger partial charge in [-0.05, 0) is 61.8 Å². The Hall–Kier alpha value is -3.00. The molecule has 8 nitrogen and oxygen atoms in total. The summed E-state index contributed by atoms with van der Waals surface area (Å²) in [4.78, 5) is 5.51. The number of fused-ring (bicyclic) bond motifs is 1. The third kappa shape index (κ3) is 5.03. The van der Waals surface area contributed by atoms with Crippen LogP contribution in [0.2, 0.25) is 0 Å². The van der Waals surface area contributed by atoms with Crippen LogP contribution in [0.3, 0.4) is 0 Å². The van der Waals surface area contributed by atoms with Crippen molar-refractivity contribution in [3.63, 3.8) is 0 Å². The summed E-state index contributed by atoms with van der Waals surface area (Å²) in [5, 5.41) is 29.1. The van der Waals surface area contributed by atoms with E-state index in [1.165, 1.54) is 0 Å². The van der Waals surface area contributed by atoms with Crippen LogP contribution < -0.4 is 10.6 Å². The number of anilines is 1. The Balaban J connectivity index is 1.36. The van der Waals surface area contributed by atoms with Gasteiger partial charge in [-0.15, -0.1) is 0 Å². The van der Waals surface area contributed by atoms with Gasteiger partial charge in [0.25, 0.3) is 0 Å². The summed E-state index contributed by atoms with van der Waals surface area (Å²) in [5.74, 6) is 1.48. The summed E-state index contributed by atoms with van der Waals surface area (Å²) in [6, 6.07) is 15.7. The van der Waals surface area contributed by atoms with Crippen LogP contribution in [0.25, 0.3) is 16.9 Å². The fourth-order valence-corrected chi connectivity index (χ4v) is 6.28. The molecule has 0 amide bonds. The summed E-state index contributed by atoms with van der Waals surface area (Å²) in [7, 11) is -0.709. The first-order valence-corrected chi connectivity index (χ1v) is 14.2. The molecule has 4 aromatic rings. The van der Waals surface area contributed by atoms with Gasteiger partial charge in [0.15, 0.2) is 5.65 Å². The Labute approximate surface area is 208 Å². The van der Waals surface area contributed by atoms with Crippen LogP contribution in [0.4, 0.5) is 5.82 Å². The van der Waals surface area contributed by atoms with Gasteiger partial charge in [-0.3, -0.25) is 0 Å². The minimum Gasteiger partial charge on any atom is -0.508 e. The highest BCUT2D eigenvalue weighted by molar-refractivity contribution is 7.82. The van der Waals surface area contributed by atoms with E-state index in [-0.39, 0.29) is 11.5 Å². The zero-order chi connectivity index (χ0) is 24.4. The van der Waals surface area contributed by atoms with Crippen molar-refractivity contribution in [3.05, 3.63) is 60.8 Å². The highest BCUT2D eigenvalue weighted by Crippen LogP contribution is 2.30. The first-order valence-electron chi connectivity index (χ1n) is 11.6. The van der Waals surface area contributed by atoms with Crippen LogP contribution in [0.5, 0.6) is 11.5 Å². The predicted octanol–water partition coefficient (Wildman–Crippen LogP) is 3.59. The summed E-state index contributed by atoms with van der Waals surface area (Å²) in [5.41, 5.74) is 2.15. The lowest BCUT2D eigenvalue weighted by Gasteiger charge is -2.31. The molecule has 0 spiro atoms. The van der Waals surface area contributed by atoms with E-state index in [9.17, 15) is 14.4 Å². The molecule has 2 aromatic heterocycles. The average molecular weight is 510 g/mol. The average Bonchev–Trinajstić information content (AvgIpc) is 3.31. The molecule has 3 heterocycles. The van der Waals surface area contributed by atoms with E-state index in [1.807, 2.05) is 33.2 Å². The van der Waals surface area contributed by atoms with Gasteiger partial charge >= 0.3 is 0 Å². The molecule has 0 saturated carbocycles. The van der Waals surface area contributed by atoms with Crippen molar-refractivity contribution in [2.45, 2.75) is 17.7 Å². The van der Waals surface area contributed by atoms with Crippen LogP contribution >= 0.6 is 8.58 Å². The molecule has 0 bridgehead atoms. The lowest BCUT2D eigenvalue weighted by atomic mass is 10.00. The Morgan fingerprint density at radius 2 is 1.97 bits per heavy atom. The maximum absolute atomic E-state index is 13.1. The molecular formula is C25H28N5O3PS. The molecule has 0 radical (unpaired) electrons. The van der Waals surface area contributed by atoms with Crippen LogP contribution in [0.1, 0.15) is 12.8 Å². The van der Waals surface area contributed by atoms with Crippen molar-refractivity contribution in [2.75, 3.05) is 31.6 Å².